The van der Waals surface area contributed by atoms with Crippen molar-refractivity contribution >= 4 is 28.2 Å². The third-order valence-electron chi connectivity index (χ3n) is 4.83. The monoisotopic (exact) mass is 382 g/mol. The highest BCUT2D eigenvalue weighted by Gasteiger charge is 2.28. The maximum atomic E-state index is 5.63. The fraction of sp³-hybridized carbons (Fsp3) is 0.684. The molecule has 0 aliphatic carbocycles. The van der Waals surface area contributed by atoms with E-state index in [2.05, 4.69) is 68.1 Å². The molecule has 144 valence electrons. The summed E-state index contributed by atoms with van der Waals surface area (Å²) in [6.45, 7) is 15.8. The maximum Gasteiger partial charge on any atom is 0.334 e. The van der Waals surface area contributed by atoms with Gasteiger partial charge in [0.25, 0.3) is 0 Å². The Bertz CT molecular complexity index is 529. The van der Waals surface area contributed by atoms with Crippen LogP contribution >= 0.6 is 0 Å². The van der Waals surface area contributed by atoms with Gasteiger partial charge in [0.05, 0.1) is 0 Å². The standard InChI is InChI=1S/C19H38N2O2Si2/c1-9-20-19-14-13-18(21(10-2)24(5,6)7)16-17(19)12-11-15-25(8,22-3)23-4/h13-14,16,20H,9-12,15H2,1-8H3. The Labute approximate surface area is 157 Å². The van der Waals surface area contributed by atoms with Crippen LogP contribution in [0.3, 0.4) is 0 Å². The van der Waals surface area contributed by atoms with Crippen molar-refractivity contribution in [1.29, 1.82) is 0 Å². The number of benzene rings is 1. The highest BCUT2D eigenvalue weighted by molar-refractivity contribution is 6.79. The summed E-state index contributed by atoms with van der Waals surface area (Å²) >= 11 is 0. The first-order valence-corrected chi connectivity index (χ1v) is 15.4. The van der Waals surface area contributed by atoms with Crippen LogP contribution < -0.4 is 9.88 Å². The van der Waals surface area contributed by atoms with Crippen LogP contribution in [-0.2, 0) is 15.3 Å². The fourth-order valence-electron chi connectivity index (χ4n) is 3.25. The largest absolute Gasteiger partial charge is 0.398 e. The number of hydrogen-bond acceptors (Lipinski definition) is 4. The van der Waals surface area contributed by atoms with Crippen LogP contribution in [0.5, 0.6) is 0 Å². The molecule has 0 unspecified atom stereocenters. The molecular weight excluding hydrogens is 344 g/mol. The van der Waals surface area contributed by atoms with Crippen LogP contribution in [0, 0.1) is 0 Å². The minimum Gasteiger partial charge on any atom is -0.398 e. The van der Waals surface area contributed by atoms with Gasteiger partial charge in [-0.1, -0.05) is 19.6 Å². The Hall–Kier alpha value is -0.826. The average Bonchev–Trinajstić information content (AvgIpc) is 2.56. The Morgan fingerprint density at radius 1 is 1.04 bits per heavy atom. The van der Waals surface area contributed by atoms with Gasteiger partial charge in [0.15, 0.2) is 0 Å². The van der Waals surface area contributed by atoms with Gasteiger partial charge in [0.2, 0.25) is 0 Å². The van der Waals surface area contributed by atoms with Gasteiger partial charge in [-0.3, -0.25) is 0 Å². The van der Waals surface area contributed by atoms with Crippen LogP contribution in [0.1, 0.15) is 25.8 Å². The molecule has 0 aliphatic heterocycles. The van der Waals surface area contributed by atoms with E-state index in [1.54, 1.807) is 14.2 Å². The topological polar surface area (TPSA) is 33.7 Å². The van der Waals surface area contributed by atoms with Gasteiger partial charge in [0, 0.05) is 38.7 Å². The van der Waals surface area contributed by atoms with E-state index < -0.39 is 16.8 Å². The molecule has 0 saturated carbocycles. The molecule has 1 N–H and O–H groups in total. The molecule has 1 aromatic carbocycles. The lowest BCUT2D eigenvalue weighted by atomic mass is 10.1. The molecule has 0 atom stereocenters. The van der Waals surface area contributed by atoms with Crippen molar-refractivity contribution in [3.63, 3.8) is 0 Å². The van der Waals surface area contributed by atoms with Gasteiger partial charge in [-0.05, 0) is 63.0 Å². The first-order valence-electron chi connectivity index (χ1n) is 9.45. The third-order valence-corrected chi connectivity index (χ3v) is 10.0. The zero-order valence-corrected chi connectivity index (χ0v) is 19.5. The van der Waals surface area contributed by atoms with Crippen molar-refractivity contribution in [1.82, 2.24) is 0 Å². The summed E-state index contributed by atoms with van der Waals surface area (Å²) in [5.41, 5.74) is 4.02. The predicted molar refractivity (Wildman–Crippen MR) is 116 cm³/mol. The zero-order chi connectivity index (χ0) is 19.1. The number of rotatable bonds is 11. The molecule has 0 aromatic heterocycles. The van der Waals surface area contributed by atoms with Gasteiger partial charge < -0.3 is 18.7 Å². The van der Waals surface area contributed by atoms with Crippen molar-refractivity contribution < 1.29 is 8.85 Å². The number of anilines is 2. The number of nitrogens with zero attached hydrogens (tertiary/aromatic N) is 1. The normalized spacial score (nSPS) is 12.3. The molecule has 0 aliphatic rings. The predicted octanol–water partition coefficient (Wildman–Crippen LogP) is 5.08. The lowest BCUT2D eigenvalue weighted by molar-refractivity contribution is 0.248. The van der Waals surface area contributed by atoms with E-state index in [0.717, 1.165) is 32.0 Å². The first-order chi connectivity index (χ1) is 11.7. The first kappa shape index (κ1) is 22.2. The van der Waals surface area contributed by atoms with E-state index in [1.165, 1.54) is 16.9 Å². The molecule has 0 spiro atoms. The Balaban J connectivity index is 3.00. The highest BCUT2D eigenvalue weighted by Crippen LogP contribution is 2.28. The molecular formula is C19H38N2O2Si2. The summed E-state index contributed by atoms with van der Waals surface area (Å²) in [6, 6.07) is 7.92. The SMILES string of the molecule is CCNc1ccc(N(CC)[Si](C)(C)C)cc1CCC[Si](C)(OC)OC. The van der Waals surface area contributed by atoms with Crippen LogP contribution in [0.2, 0.25) is 32.2 Å². The van der Waals surface area contributed by atoms with Crippen LogP contribution in [-0.4, -0.2) is 44.1 Å². The molecule has 1 rings (SSSR count). The molecule has 0 bridgehead atoms. The van der Waals surface area contributed by atoms with Gasteiger partial charge in [0.1, 0.15) is 8.24 Å². The Morgan fingerprint density at radius 2 is 1.68 bits per heavy atom. The van der Waals surface area contributed by atoms with E-state index in [1.807, 2.05) is 0 Å². The third kappa shape index (κ3) is 6.44. The lowest BCUT2D eigenvalue weighted by Gasteiger charge is -2.36. The van der Waals surface area contributed by atoms with Crippen molar-refractivity contribution in [3.05, 3.63) is 23.8 Å². The highest BCUT2D eigenvalue weighted by atomic mass is 28.4. The summed E-state index contributed by atoms with van der Waals surface area (Å²) in [4.78, 5) is 0. The van der Waals surface area contributed by atoms with E-state index in [-0.39, 0.29) is 0 Å². The van der Waals surface area contributed by atoms with E-state index in [0.29, 0.717) is 0 Å². The molecule has 6 heteroatoms. The number of hydrogen-bond donors (Lipinski definition) is 1. The summed E-state index contributed by atoms with van der Waals surface area (Å²) in [6.07, 6.45) is 2.14. The minimum absolute atomic E-state index is 0.945. The average molecular weight is 383 g/mol. The molecule has 0 amide bonds. The van der Waals surface area contributed by atoms with Crippen LogP contribution in [0.15, 0.2) is 18.2 Å². The Morgan fingerprint density at radius 3 is 2.16 bits per heavy atom. The molecule has 0 radical (unpaired) electrons. The van der Waals surface area contributed by atoms with Crippen molar-refractivity contribution in [2.45, 2.75) is 58.9 Å². The van der Waals surface area contributed by atoms with Crippen molar-refractivity contribution in [2.24, 2.45) is 0 Å². The molecule has 0 fully saturated rings. The smallest absolute Gasteiger partial charge is 0.334 e. The summed E-state index contributed by atoms with van der Waals surface area (Å²) in [5, 5.41) is 3.52. The second-order valence-electron chi connectivity index (χ2n) is 7.68. The summed E-state index contributed by atoms with van der Waals surface area (Å²) in [5.74, 6) is 0. The quantitative estimate of drug-likeness (QED) is 0.541. The zero-order valence-electron chi connectivity index (χ0n) is 17.5. The molecule has 0 heterocycles. The van der Waals surface area contributed by atoms with Crippen molar-refractivity contribution in [3.8, 4) is 0 Å². The van der Waals surface area contributed by atoms with Gasteiger partial charge in [-0.2, -0.15) is 0 Å². The lowest BCUT2D eigenvalue weighted by Crippen LogP contribution is -2.46. The van der Waals surface area contributed by atoms with Gasteiger partial charge in [-0.15, -0.1) is 0 Å². The second kappa shape index (κ2) is 9.76. The van der Waals surface area contributed by atoms with Gasteiger partial charge in [-0.25, -0.2) is 0 Å². The minimum atomic E-state index is -1.98. The molecule has 1 aromatic rings. The Kier molecular flexibility index (Phi) is 8.67. The molecule has 0 saturated heterocycles. The maximum absolute atomic E-state index is 5.63. The number of nitrogens with one attached hydrogen (secondary N) is 1. The van der Waals surface area contributed by atoms with Crippen molar-refractivity contribution in [2.75, 3.05) is 37.2 Å². The fourth-order valence-corrected chi connectivity index (χ4v) is 6.51. The summed E-state index contributed by atoms with van der Waals surface area (Å²) < 4.78 is 13.8. The van der Waals surface area contributed by atoms with Crippen LogP contribution in [0.4, 0.5) is 11.4 Å². The van der Waals surface area contributed by atoms with Gasteiger partial charge >= 0.3 is 8.56 Å². The molecule has 4 nitrogen and oxygen atoms in total. The number of aryl methyl sites for hydroxylation is 1. The second-order valence-corrected chi connectivity index (χ2v) is 16.1. The molecule has 25 heavy (non-hydrogen) atoms. The van der Waals surface area contributed by atoms with E-state index in [9.17, 15) is 0 Å². The van der Waals surface area contributed by atoms with Crippen LogP contribution in [0.25, 0.3) is 0 Å². The van der Waals surface area contributed by atoms with E-state index in [4.69, 9.17) is 8.85 Å². The summed E-state index contributed by atoms with van der Waals surface area (Å²) in [7, 11) is 0.180. The van der Waals surface area contributed by atoms with E-state index >= 15 is 0 Å².